The molecule has 0 fully saturated rings. The lowest BCUT2D eigenvalue weighted by Crippen LogP contribution is -2.27. The number of rotatable bonds is 3. The van der Waals surface area contributed by atoms with Crippen LogP contribution in [0.15, 0.2) is 4.99 Å². The number of carboxylic acids is 1. The smallest absolute Gasteiger partial charge is 0.414 e. The van der Waals surface area contributed by atoms with E-state index >= 15 is 0 Å². The lowest BCUT2D eigenvalue weighted by Gasteiger charge is -2.18. The molecular weight excluding hydrogens is 314 g/mol. The molecule has 10 nitrogen and oxygen atoms in total. The Balaban J connectivity index is 2.90. The minimum atomic E-state index is -1.47. The van der Waals surface area contributed by atoms with Crippen molar-refractivity contribution in [3.8, 4) is 0 Å². The van der Waals surface area contributed by atoms with Crippen LogP contribution in [0.3, 0.4) is 0 Å². The van der Waals surface area contributed by atoms with Gasteiger partial charge in [0.2, 0.25) is 11.0 Å². The fourth-order valence-electron chi connectivity index (χ4n) is 1.11. The van der Waals surface area contributed by atoms with E-state index < -0.39 is 29.4 Å². The Morgan fingerprint density at radius 2 is 1.95 bits per heavy atom. The highest BCUT2D eigenvalue weighted by Crippen LogP contribution is 2.14. The molecule has 0 saturated heterocycles. The van der Waals surface area contributed by atoms with Gasteiger partial charge in [-0.25, -0.2) is 14.4 Å². The van der Waals surface area contributed by atoms with Crippen molar-refractivity contribution in [1.29, 1.82) is 0 Å². The summed E-state index contributed by atoms with van der Waals surface area (Å²) in [4.78, 5) is 40.9. The quantitative estimate of drug-likeness (QED) is 0.704. The van der Waals surface area contributed by atoms with Crippen LogP contribution in [0, 0.1) is 0 Å². The number of hydrogen-bond acceptors (Lipinski definition) is 7. The van der Waals surface area contributed by atoms with Gasteiger partial charge in [-0.2, -0.15) is 14.3 Å². The maximum Gasteiger partial charge on any atom is 0.414 e. The predicted octanol–water partition coefficient (Wildman–Crippen LogP) is 1.10. The molecule has 0 aromatic carbocycles. The number of nitrogens with zero attached hydrogens (tertiary/aromatic N) is 3. The zero-order valence-electron chi connectivity index (χ0n) is 12.3. The molecule has 0 aliphatic rings. The van der Waals surface area contributed by atoms with E-state index in [0.29, 0.717) is 0 Å². The zero-order chi connectivity index (χ0) is 16.9. The Hall–Kier alpha value is -2.56. The summed E-state index contributed by atoms with van der Waals surface area (Å²) in [5.74, 6) is -1.75. The average molecular weight is 329 g/mol. The number of carbonyl (C=O) groups excluding carboxylic acids is 2. The van der Waals surface area contributed by atoms with Crippen LogP contribution < -0.4 is 10.6 Å². The molecule has 0 spiro atoms. The minimum absolute atomic E-state index is 0.0232. The van der Waals surface area contributed by atoms with Gasteiger partial charge in [-0.3, -0.25) is 5.32 Å². The number of urea groups is 1. The monoisotopic (exact) mass is 329 g/mol. The van der Waals surface area contributed by atoms with Gasteiger partial charge in [0.05, 0.1) is 0 Å². The first kappa shape index (κ1) is 17.5. The van der Waals surface area contributed by atoms with Gasteiger partial charge < -0.3 is 15.2 Å². The SMILES string of the molecule is CNC(=O)/N=C(\C(=O)O)c1nsc(NC(=O)OC(C)(C)C)n1. The second-order valence-electron chi connectivity index (χ2n) is 4.87. The molecule has 1 heterocycles. The van der Waals surface area contributed by atoms with Crippen molar-refractivity contribution in [2.24, 2.45) is 4.99 Å². The normalized spacial score (nSPS) is 11.7. The summed E-state index contributed by atoms with van der Waals surface area (Å²) in [5.41, 5.74) is -1.32. The molecule has 0 atom stereocenters. The van der Waals surface area contributed by atoms with Gasteiger partial charge in [0.1, 0.15) is 5.60 Å². The molecule has 0 aliphatic heterocycles. The van der Waals surface area contributed by atoms with Crippen LogP contribution in [0.5, 0.6) is 0 Å². The van der Waals surface area contributed by atoms with Crippen molar-refractivity contribution in [3.63, 3.8) is 0 Å². The lowest BCUT2D eigenvalue weighted by molar-refractivity contribution is -0.129. The fraction of sp³-hybridized carbons (Fsp3) is 0.455. The second-order valence-corrected chi connectivity index (χ2v) is 5.62. The maximum atomic E-state index is 11.6. The Morgan fingerprint density at radius 3 is 2.45 bits per heavy atom. The minimum Gasteiger partial charge on any atom is -0.476 e. The number of carboxylic acid groups (broad SMARTS) is 1. The summed E-state index contributed by atoms with van der Waals surface area (Å²) in [7, 11) is 1.30. The molecule has 0 bridgehead atoms. The molecule has 1 rings (SSSR count). The third kappa shape index (κ3) is 5.44. The molecule has 120 valence electrons. The second kappa shape index (κ2) is 6.93. The van der Waals surface area contributed by atoms with E-state index in [1.54, 1.807) is 20.8 Å². The van der Waals surface area contributed by atoms with Gasteiger partial charge in [-0.1, -0.05) is 0 Å². The van der Waals surface area contributed by atoms with Gasteiger partial charge in [0.25, 0.3) is 0 Å². The highest BCUT2D eigenvalue weighted by Gasteiger charge is 2.22. The van der Waals surface area contributed by atoms with E-state index in [1.807, 2.05) is 0 Å². The van der Waals surface area contributed by atoms with Crippen LogP contribution in [0.25, 0.3) is 0 Å². The number of ether oxygens (including phenoxy) is 1. The van der Waals surface area contributed by atoms with Crippen molar-refractivity contribution < 1.29 is 24.2 Å². The summed E-state index contributed by atoms with van der Waals surface area (Å²) in [6, 6.07) is -0.853. The molecule has 0 unspecified atom stereocenters. The van der Waals surface area contributed by atoms with Crippen molar-refractivity contribution in [2.75, 3.05) is 12.4 Å². The molecular formula is C11H15N5O5S. The molecule has 0 aliphatic carbocycles. The summed E-state index contributed by atoms with van der Waals surface area (Å²) in [6.07, 6.45) is -0.754. The summed E-state index contributed by atoms with van der Waals surface area (Å²) in [6.45, 7) is 5.07. The van der Waals surface area contributed by atoms with Gasteiger partial charge in [-0.05, 0) is 20.8 Å². The number of anilines is 1. The third-order valence-corrected chi connectivity index (χ3v) is 2.51. The van der Waals surface area contributed by atoms with Gasteiger partial charge in [0, 0.05) is 18.6 Å². The van der Waals surface area contributed by atoms with Gasteiger partial charge in [-0.15, -0.1) is 0 Å². The van der Waals surface area contributed by atoms with Crippen LogP contribution >= 0.6 is 11.5 Å². The van der Waals surface area contributed by atoms with Crippen LogP contribution in [0.1, 0.15) is 26.6 Å². The molecule has 22 heavy (non-hydrogen) atoms. The Kier molecular flexibility index (Phi) is 5.51. The Labute approximate surface area is 129 Å². The highest BCUT2D eigenvalue weighted by atomic mass is 32.1. The van der Waals surface area contributed by atoms with Crippen molar-refractivity contribution in [1.82, 2.24) is 14.7 Å². The zero-order valence-corrected chi connectivity index (χ0v) is 13.1. The van der Waals surface area contributed by atoms with Crippen LogP contribution in [0.2, 0.25) is 0 Å². The van der Waals surface area contributed by atoms with E-state index in [4.69, 9.17) is 9.84 Å². The average Bonchev–Trinajstić information content (AvgIpc) is 2.80. The van der Waals surface area contributed by atoms with Crippen LogP contribution in [-0.4, -0.2) is 50.9 Å². The number of aliphatic carboxylic acids is 1. The molecule has 11 heteroatoms. The molecule has 3 amide bonds. The molecule has 0 radical (unpaired) electrons. The standard InChI is InChI=1S/C11H15N5O5S/c1-11(2,3)21-10(20)15-9-14-6(16-22-9)5(7(17)18)13-8(19)12-4/h1-4H3,(H,12,19)(H,17,18)(H,14,15,16,20)/b13-5-. The maximum absolute atomic E-state index is 11.6. The topological polar surface area (TPSA) is 143 Å². The van der Waals surface area contributed by atoms with E-state index in [9.17, 15) is 14.4 Å². The molecule has 3 N–H and O–H groups in total. The van der Waals surface area contributed by atoms with E-state index in [1.165, 1.54) is 7.05 Å². The summed E-state index contributed by atoms with van der Waals surface area (Å²) in [5, 5.41) is 13.5. The highest BCUT2D eigenvalue weighted by molar-refractivity contribution is 7.10. The number of hydrogen-bond donors (Lipinski definition) is 3. The molecule has 0 saturated carbocycles. The number of carbonyl (C=O) groups is 3. The number of aromatic nitrogens is 2. The van der Waals surface area contributed by atoms with Crippen LogP contribution in [0.4, 0.5) is 14.7 Å². The Morgan fingerprint density at radius 1 is 1.32 bits per heavy atom. The van der Waals surface area contributed by atoms with Crippen LogP contribution in [-0.2, 0) is 9.53 Å². The first-order chi connectivity index (χ1) is 10.1. The summed E-state index contributed by atoms with van der Waals surface area (Å²) < 4.78 is 8.76. The van der Waals surface area contributed by atoms with Crippen molar-refractivity contribution >= 4 is 40.5 Å². The van der Waals surface area contributed by atoms with Gasteiger partial charge >= 0.3 is 18.1 Å². The third-order valence-electron chi connectivity index (χ3n) is 1.88. The first-order valence-electron chi connectivity index (χ1n) is 6.00. The largest absolute Gasteiger partial charge is 0.476 e. The fourth-order valence-corrected chi connectivity index (χ4v) is 1.67. The summed E-state index contributed by atoms with van der Waals surface area (Å²) >= 11 is 0.735. The lowest BCUT2D eigenvalue weighted by atomic mass is 10.2. The molecule has 1 aromatic heterocycles. The Bertz CT molecular complexity index is 619. The van der Waals surface area contributed by atoms with E-state index in [-0.39, 0.29) is 11.0 Å². The number of nitrogens with one attached hydrogen (secondary N) is 2. The van der Waals surface area contributed by atoms with E-state index in [0.717, 1.165) is 11.5 Å². The number of aliphatic imine (C=N–C) groups is 1. The van der Waals surface area contributed by atoms with E-state index in [2.05, 4.69) is 25.0 Å². The first-order valence-corrected chi connectivity index (χ1v) is 6.77. The van der Waals surface area contributed by atoms with Crippen molar-refractivity contribution in [2.45, 2.75) is 26.4 Å². The molecule has 1 aromatic rings. The van der Waals surface area contributed by atoms with Crippen molar-refractivity contribution in [3.05, 3.63) is 5.82 Å². The van der Waals surface area contributed by atoms with Gasteiger partial charge in [0.15, 0.2) is 5.71 Å². The number of amides is 3. The predicted molar refractivity (Wildman–Crippen MR) is 78.4 cm³/mol.